The minimum absolute atomic E-state index is 0.181. The van der Waals surface area contributed by atoms with Gasteiger partial charge < -0.3 is 10.2 Å². The number of phenolic OH excluding ortho intramolecular Hbond substituents is 1. The minimum Gasteiger partial charge on any atom is -0.508 e. The third kappa shape index (κ3) is 2.04. The number of aromatic hydroxyl groups is 1. The normalized spacial score (nSPS) is 29.3. The lowest BCUT2D eigenvalue weighted by Crippen LogP contribution is -2.50. The molecule has 2 nitrogen and oxygen atoms in total. The first-order chi connectivity index (χ1) is 10.3. The molecule has 0 saturated heterocycles. The molecule has 0 spiro atoms. The van der Waals surface area contributed by atoms with Gasteiger partial charge in [0.1, 0.15) is 5.75 Å². The first-order valence-electron chi connectivity index (χ1n) is 8.49. The summed E-state index contributed by atoms with van der Waals surface area (Å²) in [5.41, 5.74) is 3.40. The summed E-state index contributed by atoms with van der Waals surface area (Å²) in [7, 11) is 0. The molecule has 22 heavy (non-hydrogen) atoms. The summed E-state index contributed by atoms with van der Waals surface area (Å²) in [4.78, 5) is 0. The van der Waals surface area contributed by atoms with E-state index >= 15 is 0 Å². The van der Waals surface area contributed by atoms with Crippen LogP contribution in [0.15, 0.2) is 18.2 Å². The Morgan fingerprint density at radius 1 is 1.23 bits per heavy atom. The summed E-state index contributed by atoms with van der Waals surface area (Å²) in [6, 6.07) is 3.87. The summed E-state index contributed by atoms with van der Waals surface area (Å²) in [6.45, 7) is 9.05. The third-order valence-corrected chi connectivity index (χ3v) is 6.00. The van der Waals surface area contributed by atoms with Crippen LogP contribution >= 0.6 is 0 Å². The molecular weight excluding hydrogens is 272 g/mol. The highest BCUT2D eigenvalue weighted by Crippen LogP contribution is 2.56. The van der Waals surface area contributed by atoms with Crippen LogP contribution in [0.25, 0.3) is 6.08 Å². The fourth-order valence-electron chi connectivity index (χ4n) is 4.97. The quantitative estimate of drug-likeness (QED) is 0.838. The van der Waals surface area contributed by atoms with E-state index in [4.69, 9.17) is 0 Å². The van der Waals surface area contributed by atoms with Crippen molar-refractivity contribution >= 4 is 6.08 Å². The number of phenols is 1. The van der Waals surface area contributed by atoms with Crippen molar-refractivity contribution in [2.24, 2.45) is 11.3 Å². The van der Waals surface area contributed by atoms with E-state index in [-0.39, 0.29) is 23.4 Å². The summed E-state index contributed by atoms with van der Waals surface area (Å²) >= 11 is 0. The molecule has 1 aromatic carbocycles. The standard InChI is InChI=1S/C20H28O2/c1-13(2)18-14-6-9-17-19(3,4)10-5-11-20(17,12-21)15(14)7-8-16(18)22/h6-9,13,17,21-22H,5,10-12H2,1-4H3/t17-,20-/m0/s1. The summed E-state index contributed by atoms with van der Waals surface area (Å²) in [6.07, 6.45) is 7.86. The Bertz CT molecular complexity index is 612. The van der Waals surface area contributed by atoms with E-state index in [1.165, 1.54) is 12.0 Å². The van der Waals surface area contributed by atoms with E-state index in [1.807, 2.05) is 12.1 Å². The van der Waals surface area contributed by atoms with Crippen molar-refractivity contribution in [1.29, 1.82) is 0 Å². The predicted molar refractivity (Wildman–Crippen MR) is 91.1 cm³/mol. The largest absolute Gasteiger partial charge is 0.508 e. The highest BCUT2D eigenvalue weighted by atomic mass is 16.3. The van der Waals surface area contributed by atoms with Gasteiger partial charge in [0.15, 0.2) is 0 Å². The van der Waals surface area contributed by atoms with Gasteiger partial charge in [0, 0.05) is 11.0 Å². The Balaban J connectivity index is 2.25. The van der Waals surface area contributed by atoms with Gasteiger partial charge >= 0.3 is 0 Å². The fraction of sp³-hybridized carbons (Fsp3) is 0.600. The van der Waals surface area contributed by atoms with Crippen molar-refractivity contribution in [3.05, 3.63) is 34.9 Å². The molecule has 1 aromatic rings. The van der Waals surface area contributed by atoms with Crippen LogP contribution in [0.4, 0.5) is 0 Å². The first-order valence-corrected chi connectivity index (χ1v) is 8.49. The third-order valence-electron chi connectivity index (χ3n) is 6.00. The number of fused-ring (bicyclic) bond motifs is 3. The average Bonchev–Trinajstić information content (AvgIpc) is 2.45. The van der Waals surface area contributed by atoms with Gasteiger partial charge in [0.2, 0.25) is 0 Å². The molecule has 2 aliphatic rings. The SMILES string of the molecule is CC(C)c1c(O)ccc2c1C=C[C@H]1C(C)(C)CCC[C@]21CO. The number of benzene rings is 1. The van der Waals surface area contributed by atoms with Crippen LogP contribution in [0.2, 0.25) is 0 Å². The van der Waals surface area contributed by atoms with Gasteiger partial charge in [-0.05, 0) is 47.3 Å². The zero-order valence-electron chi connectivity index (χ0n) is 14.2. The van der Waals surface area contributed by atoms with Crippen LogP contribution < -0.4 is 0 Å². The lowest BCUT2D eigenvalue weighted by atomic mass is 9.51. The molecule has 0 unspecified atom stereocenters. The van der Waals surface area contributed by atoms with Crippen LogP contribution in [0.1, 0.15) is 69.6 Å². The van der Waals surface area contributed by atoms with E-state index in [0.29, 0.717) is 11.7 Å². The maximum absolute atomic E-state index is 10.4. The van der Waals surface area contributed by atoms with E-state index < -0.39 is 0 Å². The molecule has 0 radical (unpaired) electrons. The van der Waals surface area contributed by atoms with Gasteiger partial charge in [0.25, 0.3) is 0 Å². The van der Waals surface area contributed by atoms with Crippen LogP contribution in [0.3, 0.4) is 0 Å². The van der Waals surface area contributed by atoms with Crippen LogP contribution in [-0.2, 0) is 5.41 Å². The van der Waals surface area contributed by atoms with Crippen molar-refractivity contribution in [3.63, 3.8) is 0 Å². The number of aliphatic hydroxyl groups excluding tert-OH is 1. The van der Waals surface area contributed by atoms with Gasteiger partial charge in [-0.25, -0.2) is 0 Å². The Morgan fingerprint density at radius 2 is 1.95 bits per heavy atom. The topological polar surface area (TPSA) is 40.5 Å². The van der Waals surface area contributed by atoms with Gasteiger partial charge in [-0.2, -0.15) is 0 Å². The smallest absolute Gasteiger partial charge is 0.119 e. The highest BCUT2D eigenvalue weighted by Gasteiger charge is 2.51. The van der Waals surface area contributed by atoms with Crippen molar-refractivity contribution < 1.29 is 10.2 Å². The van der Waals surface area contributed by atoms with Crippen LogP contribution in [0, 0.1) is 11.3 Å². The Morgan fingerprint density at radius 3 is 2.59 bits per heavy atom. The second-order valence-corrected chi connectivity index (χ2v) is 8.11. The molecule has 2 N–H and O–H groups in total. The number of hydrogen-bond acceptors (Lipinski definition) is 2. The molecule has 0 amide bonds. The number of hydrogen-bond donors (Lipinski definition) is 2. The summed E-state index contributed by atoms with van der Waals surface area (Å²) in [5, 5.41) is 20.7. The molecule has 0 bridgehead atoms. The molecule has 0 heterocycles. The molecule has 120 valence electrons. The first kappa shape index (κ1) is 15.6. The van der Waals surface area contributed by atoms with Gasteiger partial charge in [-0.15, -0.1) is 0 Å². The highest BCUT2D eigenvalue weighted by molar-refractivity contribution is 5.68. The Kier molecular flexibility index (Phi) is 3.64. The molecule has 2 aliphatic carbocycles. The molecule has 0 aromatic heterocycles. The Hall–Kier alpha value is -1.28. The van der Waals surface area contributed by atoms with Crippen molar-refractivity contribution in [2.45, 2.75) is 58.3 Å². The van der Waals surface area contributed by atoms with E-state index in [2.05, 4.69) is 39.8 Å². The van der Waals surface area contributed by atoms with E-state index in [1.54, 1.807) is 0 Å². The number of aliphatic hydroxyl groups is 1. The van der Waals surface area contributed by atoms with Crippen LogP contribution in [-0.4, -0.2) is 16.8 Å². The molecule has 3 rings (SSSR count). The van der Waals surface area contributed by atoms with Crippen molar-refractivity contribution in [3.8, 4) is 5.75 Å². The molecular formula is C20H28O2. The van der Waals surface area contributed by atoms with E-state index in [9.17, 15) is 10.2 Å². The molecule has 1 fully saturated rings. The second-order valence-electron chi connectivity index (χ2n) is 8.11. The van der Waals surface area contributed by atoms with Gasteiger partial charge in [0.05, 0.1) is 6.61 Å². The number of rotatable bonds is 2. The maximum atomic E-state index is 10.4. The van der Waals surface area contributed by atoms with Crippen molar-refractivity contribution in [2.75, 3.05) is 6.61 Å². The second kappa shape index (κ2) is 5.13. The average molecular weight is 300 g/mol. The fourth-order valence-corrected chi connectivity index (χ4v) is 4.97. The lowest BCUT2D eigenvalue weighted by molar-refractivity contribution is 0.0340. The minimum atomic E-state index is -0.191. The monoisotopic (exact) mass is 300 g/mol. The molecule has 2 atom stereocenters. The number of allylic oxidation sites excluding steroid dienone is 1. The van der Waals surface area contributed by atoms with Gasteiger partial charge in [-0.1, -0.05) is 52.3 Å². The molecule has 2 heteroatoms. The zero-order valence-corrected chi connectivity index (χ0v) is 14.2. The predicted octanol–water partition coefficient (Wildman–Crippen LogP) is 4.60. The van der Waals surface area contributed by atoms with Crippen LogP contribution in [0.5, 0.6) is 5.75 Å². The molecule has 1 saturated carbocycles. The summed E-state index contributed by atoms with van der Waals surface area (Å²) < 4.78 is 0. The van der Waals surface area contributed by atoms with E-state index in [0.717, 1.165) is 24.0 Å². The molecule has 0 aliphatic heterocycles. The summed E-state index contributed by atoms with van der Waals surface area (Å²) in [5.74, 6) is 0.999. The maximum Gasteiger partial charge on any atom is 0.119 e. The Labute approximate surface area is 133 Å². The van der Waals surface area contributed by atoms with Gasteiger partial charge in [-0.3, -0.25) is 0 Å². The lowest BCUT2D eigenvalue weighted by Gasteiger charge is -2.53. The van der Waals surface area contributed by atoms with Crippen molar-refractivity contribution in [1.82, 2.24) is 0 Å². The zero-order chi connectivity index (χ0) is 16.1.